The Labute approximate surface area is 115 Å². The fourth-order valence-corrected chi connectivity index (χ4v) is 3.46. The minimum Gasteiger partial charge on any atom is -0.325 e. The van der Waals surface area contributed by atoms with Gasteiger partial charge in [-0.15, -0.1) is 0 Å². The van der Waals surface area contributed by atoms with Crippen LogP contribution in [-0.2, 0) is 0 Å². The second-order valence-electron chi connectivity index (χ2n) is 6.96. The Kier molecular flexibility index (Phi) is 7.29. The highest BCUT2D eigenvalue weighted by Crippen LogP contribution is 2.35. The third-order valence-electron chi connectivity index (χ3n) is 4.98. The van der Waals surface area contributed by atoms with Gasteiger partial charge in [-0.2, -0.15) is 0 Å². The summed E-state index contributed by atoms with van der Waals surface area (Å²) >= 11 is 0. The molecular formula is C17H35N. The molecule has 0 heterocycles. The fourth-order valence-electron chi connectivity index (χ4n) is 3.46. The second kappa shape index (κ2) is 8.19. The third kappa shape index (κ3) is 5.73. The van der Waals surface area contributed by atoms with Crippen molar-refractivity contribution in [2.45, 2.75) is 96.9 Å². The first-order chi connectivity index (χ1) is 8.57. The molecule has 0 bridgehead atoms. The highest BCUT2D eigenvalue weighted by molar-refractivity contribution is 4.88. The van der Waals surface area contributed by atoms with E-state index in [2.05, 4.69) is 20.8 Å². The Morgan fingerprint density at radius 2 is 1.78 bits per heavy atom. The molecule has 0 aromatic carbocycles. The summed E-state index contributed by atoms with van der Waals surface area (Å²) in [7, 11) is 0. The molecule has 2 N–H and O–H groups in total. The molecule has 0 aromatic heterocycles. The number of unbranched alkanes of at least 4 members (excludes halogenated alkanes) is 4. The van der Waals surface area contributed by atoms with E-state index in [0.29, 0.717) is 0 Å². The topological polar surface area (TPSA) is 26.0 Å². The fraction of sp³-hybridized carbons (Fsp3) is 1.00. The lowest BCUT2D eigenvalue weighted by Gasteiger charge is -2.28. The maximum atomic E-state index is 6.64. The van der Waals surface area contributed by atoms with Gasteiger partial charge in [-0.1, -0.05) is 65.7 Å². The molecule has 1 aliphatic rings. The standard InChI is InChI=1S/C17H35N/c1-4-5-6-7-8-12-17(18)13-9-10-16(11-14-17)15(2)3/h15-16H,4-14,18H2,1-3H3. The summed E-state index contributed by atoms with van der Waals surface area (Å²) in [5.74, 6) is 1.77. The van der Waals surface area contributed by atoms with Crippen LogP contribution in [-0.4, -0.2) is 5.54 Å². The van der Waals surface area contributed by atoms with Crippen LogP contribution in [0.3, 0.4) is 0 Å². The Bertz CT molecular complexity index is 212. The Balaban J connectivity index is 2.26. The molecule has 1 heteroatoms. The maximum Gasteiger partial charge on any atom is 0.0154 e. The van der Waals surface area contributed by atoms with Crippen LogP contribution in [0.25, 0.3) is 0 Å². The molecule has 0 aliphatic heterocycles. The minimum absolute atomic E-state index is 0.176. The summed E-state index contributed by atoms with van der Waals surface area (Å²) in [6.45, 7) is 7.03. The Hall–Kier alpha value is -0.0400. The van der Waals surface area contributed by atoms with Crippen molar-refractivity contribution in [3.05, 3.63) is 0 Å². The molecular weight excluding hydrogens is 218 g/mol. The zero-order valence-corrected chi connectivity index (χ0v) is 13.0. The van der Waals surface area contributed by atoms with Crippen LogP contribution in [0.2, 0.25) is 0 Å². The van der Waals surface area contributed by atoms with Crippen LogP contribution in [0.4, 0.5) is 0 Å². The third-order valence-corrected chi connectivity index (χ3v) is 4.98. The SMILES string of the molecule is CCCCCCCC1(N)CCCC(C(C)C)CC1. The van der Waals surface area contributed by atoms with Crippen LogP contribution in [0.1, 0.15) is 91.4 Å². The van der Waals surface area contributed by atoms with Crippen molar-refractivity contribution in [3.8, 4) is 0 Å². The summed E-state index contributed by atoms with van der Waals surface area (Å²) < 4.78 is 0. The van der Waals surface area contributed by atoms with Crippen LogP contribution in [0.15, 0.2) is 0 Å². The maximum absolute atomic E-state index is 6.64. The molecule has 0 spiro atoms. The van der Waals surface area contributed by atoms with E-state index in [1.165, 1.54) is 70.6 Å². The molecule has 0 aromatic rings. The van der Waals surface area contributed by atoms with Gasteiger partial charge in [0.05, 0.1) is 0 Å². The smallest absolute Gasteiger partial charge is 0.0154 e. The summed E-state index contributed by atoms with van der Waals surface area (Å²) in [4.78, 5) is 0. The predicted octanol–water partition coefficient (Wildman–Crippen LogP) is 5.28. The van der Waals surface area contributed by atoms with E-state index in [1.807, 2.05) is 0 Å². The first kappa shape index (κ1) is 16.0. The average molecular weight is 253 g/mol. The van der Waals surface area contributed by atoms with Crippen molar-refractivity contribution < 1.29 is 0 Å². The number of nitrogens with two attached hydrogens (primary N) is 1. The summed E-state index contributed by atoms with van der Waals surface area (Å²) in [5, 5.41) is 0. The summed E-state index contributed by atoms with van der Waals surface area (Å²) in [5.41, 5.74) is 6.81. The van der Waals surface area contributed by atoms with E-state index < -0.39 is 0 Å². The minimum atomic E-state index is 0.176. The largest absolute Gasteiger partial charge is 0.325 e. The number of rotatable bonds is 7. The molecule has 2 atom stereocenters. The lowest BCUT2D eigenvalue weighted by molar-refractivity contribution is 0.306. The van der Waals surface area contributed by atoms with Gasteiger partial charge in [-0.05, 0) is 37.5 Å². The molecule has 1 aliphatic carbocycles. The van der Waals surface area contributed by atoms with Gasteiger partial charge >= 0.3 is 0 Å². The van der Waals surface area contributed by atoms with Gasteiger partial charge < -0.3 is 5.73 Å². The lowest BCUT2D eigenvalue weighted by atomic mass is 9.84. The molecule has 0 saturated heterocycles. The van der Waals surface area contributed by atoms with Crippen molar-refractivity contribution in [1.29, 1.82) is 0 Å². The molecule has 2 unspecified atom stereocenters. The summed E-state index contributed by atoms with van der Waals surface area (Å²) in [6.07, 6.45) is 14.8. The average Bonchev–Trinajstić information content (AvgIpc) is 2.52. The van der Waals surface area contributed by atoms with Crippen LogP contribution >= 0.6 is 0 Å². The van der Waals surface area contributed by atoms with Crippen molar-refractivity contribution in [1.82, 2.24) is 0 Å². The van der Waals surface area contributed by atoms with E-state index >= 15 is 0 Å². The molecule has 0 radical (unpaired) electrons. The predicted molar refractivity (Wildman–Crippen MR) is 81.7 cm³/mol. The van der Waals surface area contributed by atoms with Crippen molar-refractivity contribution in [3.63, 3.8) is 0 Å². The van der Waals surface area contributed by atoms with Crippen LogP contribution in [0, 0.1) is 11.8 Å². The summed E-state index contributed by atoms with van der Waals surface area (Å²) in [6, 6.07) is 0. The van der Waals surface area contributed by atoms with Crippen molar-refractivity contribution in [2.24, 2.45) is 17.6 Å². The zero-order valence-electron chi connectivity index (χ0n) is 13.0. The molecule has 18 heavy (non-hydrogen) atoms. The van der Waals surface area contributed by atoms with E-state index in [4.69, 9.17) is 5.73 Å². The van der Waals surface area contributed by atoms with Crippen molar-refractivity contribution >= 4 is 0 Å². The Morgan fingerprint density at radius 3 is 2.44 bits per heavy atom. The number of hydrogen-bond donors (Lipinski definition) is 1. The van der Waals surface area contributed by atoms with Gasteiger partial charge in [0.2, 0.25) is 0 Å². The van der Waals surface area contributed by atoms with E-state index in [0.717, 1.165) is 11.8 Å². The van der Waals surface area contributed by atoms with Gasteiger partial charge in [-0.3, -0.25) is 0 Å². The highest BCUT2D eigenvalue weighted by Gasteiger charge is 2.29. The van der Waals surface area contributed by atoms with Crippen molar-refractivity contribution in [2.75, 3.05) is 0 Å². The molecule has 1 fully saturated rings. The number of hydrogen-bond acceptors (Lipinski definition) is 1. The molecule has 108 valence electrons. The lowest BCUT2D eigenvalue weighted by Crippen LogP contribution is -2.39. The Morgan fingerprint density at radius 1 is 1.06 bits per heavy atom. The van der Waals surface area contributed by atoms with Gasteiger partial charge in [0.1, 0.15) is 0 Å². The normalized spacial score (nSPS) is 29.5. The van der Waals surface area contributed by atoms with Crippen LogP contribution in [0.5, 0.6) is 0 Å². The first-order valence-corrected chi connectivity index (χ1v) is 8.36. The quantitative estimate of drug-likeness (QED) is 0.485. The monoisotopic (exact) mass is 253 g/mol. The van der Waals surface area contributed by atoms with Gasteiger partial charge in [0.15, 0.2) is 0 Å². The molecule has 1 rings (SSSR count). The van der Waals surface area contributed by atoms with E-state index in [1.54, 1.807) is 0 Å². The van der Waals surface area contributed by atoms with Crippen LogP contribution < -0.4 is 5.73 Å². The van der Waals surface area contributed by atoms with Gasteiger partial charge in [0.25, 0.3) is 0 Å². The molecule has 1 saturated carbocycles. The van der Waals surface area contributed by atoms with E-state index in [-0.39, 0.29) is 5.54 Å². The second-order valence-corrected chi connectivity index (χ2v) is 6.96. The van der Waals surface area contributed by atoms with Gasteiger partial charge in [0, 0.05) is 5.54 Å². The van der Waals surface area contributed by atoms with E-state index in [9.17, 15) is 0 Å². The molecule has 0 amide bonds. The molecule has 1 nitrogen and oxygen atoms in total. The van der Waals surface area contributed by atoms with Gasteiger partial charge in [-0.25, -0.2) is 0 Å². The first-order valence-electron chi connectivity index (χ1n) is 8.36. The zero-order chi connectivity index (χ0) is 13.4. The highest BCUT2D eigenvalue weighted by atomic mass is 14.7.